The number of rotatable bonds is 10. The van der Waals surface area contributed by atoms with Crippen molar-refractivity contribution >= 4 is 99.9 Å². The predicted octanol–water partition coefficient (Wildman–Crippen LogP) is 23.4. The molecule has 2 atom stereocenters. The number of hydrogen-bond acceptors (Lipinski definition) is 18. The summed E-state index contributed by atoms with van der Waals surface area (Å²) in [6.07, 6.45) is 10.3. The minimum Gasteiger partial charge on any atom is -0.513 e. The van der Waals surface area contributed by atoms with Crippen LogP contribution in [-0.2, 0) is 69.9 Å². The summed E-state index contributed by atoms with van der Waals surface area (Å²) >= 11 is 1.05. The minimum atomic E-state index is -4.94. The maximum absolute atomic E-state index is 11.7. The summed E-state index contributed by atoms with van der Waals surface area (Å²) in [6, 6.07) is 102. The molecule has 0 aliphatic rings. The predicted molar refractivity (Wildman–Crippen MR) is 480 cm³/mol. The number of halogens is 3. The van der Waals surface area contributed by atoms with E-state index in [0.29, 0.717) is 0 Å². The van der Waals surface area contributed by atoms with E-state index in [1.165, 1.54) is 86.2 Å². The molecular formula is C100H86EuF3Ir3N8O10STb-3. The van der Waals surface area contributed by atoms with Crippen molar-refractivity contribution in [2.45, 2.75) is 59.9 Å². The van der Waals surface area contributed by atoms with Gasteiger partial charge >= 0.3 is 12.1 Å². The summed E-state index contributed by atoms with van der Waals surface area (Å²) in [5.74, 6) is -3.46. The number of carbonyl (C=O) groups excluding carboxylic acids is 2. The fraction of sp³-hybridized carbons (Fsp3) is 0.0900. The van der Waals surface area contributed by atoms with Crippen molar-refractivity contribution in [2.75, 3.05) is 0 Å². The minimum absolute atomic E-state index is 0. The molecule has 0 fully saturated rings. The number of nitrogens with zero attached hydrogens (tertiary/aromatic N) is 8. The van der Waals surface area contributed by atoms with Gasteiger partial charge in [-0.25, -0.2) is 9.78 Å². The number of fused-ring (bicyclic) bond motifs is 8. The first kappa shape index (κ1) is 111. The number of aliphatic hydroxyl groups excluding tert-OH is 6. The van der Waals surface area contributed by atoms with Crippen LogP contribution in [0.2, 0.25) is 0 Å². The molecule has 18 nitrogen and oxygen atoms in total. The molecule has 17 aromatic rings. The second-order valence-corrected chi connectivity index (χ2v) is 27.2. The molecule has 9 aromatic heterocycles. The molecule has 9 heterocycles. The molecule has 0 aliphatic carbocycles. The summed E-state index contributed by atoms with van der Waals surface area (Å²) < 4.78 is 35.2. The van der Waals surface area contributed by atoms with Gasteiger partial charge in [0.05, 0.1) is 61.9 Å². The normalized spacial score (nSPS) is 11.0. The zero-order chi connectivity index (χ0) is 87.6. The van der Waals surface area contributed by atoms with E-state index in [1.807, 2.05) is 146 Å². The number of thiophene rings is 1. The van der Waals surface area contributed by atoms with Crippen molar-refractivity contribution in [1.82, 2.24) is 39.9 Å². The van der Waals surface area contributed by atoms with E-state index < -0.39 is 35.9 Å². The Kier molecular flexibility index (Phi) is 52.1. The van der Waals surface area contributed by atoms with Gasteiger partial charge in [-0.3, -0.25) is 34.5 Å². The quantitative estimate of drug-likeness (QED) is 0.0290. The molecule has 8 aromatic carbocycles. The third-order valence-corrected chi connectivity index (χ3v) is 17.2. The number of alkyl halides is 3. The Morgan fingerprint density at radius 1 is 0.402 bits per heavy atom. The van der Waals surface area contributed by atoms with Crippen LogP contribution in [-0.4, -0.2) is 112 Å². The number of pyridine rings is 8. The van der Waals surface area contributed by atoms with E-state index in [2.05, 4.69) is 168 Å². The standard InChI is InChI=1S/C21H14N.C15H10N.2C12H8N2.C11H8N.C8H5F3O2S.C6H5NO2.2C5H10O2.C5H8O2.Eu.3Ir.Tb/c1-2-7-16(8-3-1)18-10-6-11-19(15-18)21-14-13-17-9-4-5-12-20(17)22-21;1-2-7-13(8-3-1)15-14-9-5-4-6-12(14)10-11-16-15;2*1-3-9-5-6-10-4-2-8-14-12(10)11(9)13-7-1;1-2-6-10(7-3-1)11-8-4-5-9-12-11;9-8(10,11)7(13)4-5(12)6-2-1-3-14-6;8-6(9)5-3-1-2-4-7-5;3*1-4(6)3-5(2)7;;;;;/h1-10,12-15H;1-7,9-11H;2*1-8H;1-6,8-9H;1-4,12H;1-4H,(H,8,9);2*3-4,6-7H,1-2H3;3,6H,1-2H3;;;;;/q2*-1;;;-1;;;;;;;;;;. The monoisotopic (exact) mass is 2540 g/mol. The molecule has 0 spiro atoms. The van der Waals surface area contributed by atoms with Crippen LogP contribution in [0.1, 0.15) is 56.9 Å². The van der Waals surface area contributed by atoms with Gasteiger partial charge in [-0.1, -0.05) is 158 Å². The Morgan fingerprint density at radius 2 is 0.858 bits per heavy atom. The molecule has 17 rings (SSSR count). The first-order valence-electron chi connectivity index (χ1n) is 37.8. The van der Waals surface area contributed by atoms with E-state index in [1.54, 1.807) is 68.4 Å². The average Bonchev–Trinajstić information content (AvgIpc) is 0.811. The van der Waals surface area contributed by atoms with Crippen molar-refractivity contribution < 1.29 is 212 Å². The van der Waals surface area contributed by atoms with E-state index in [9.17, 15) is 27.6 Å². The average molecular weight is 2540 g/mol. The number of aromatic carboxylic acids is 1. The van der Waals surface area contributed by atoms with E-state index >= 15 is 0 Å². The van der Waals surface area contributed by atoms with Crippen LogP contribution in [0.15, 0.2) is 375 Å². The molecule has 0 bridgehead atoms. The molecule has 0 aliphatic heterocycles. The molecule has 27 heteroatoms. The van der Waals surface area contributed by atoms with Gasteiger partial charge in [-0.05, 0) is 159 Å². The Bertz CT molecular complexity index is 6010. The topological polar surface area (TPSA) is 296 Å². The third-order valence-electron chi connectivity index (χ3n) is 16.3. The Labute approximate surface area is 850 Å². The number of carbonyl (C=O) groups is 3. The number of benzene rings is 8. The van der Waals surface area contributed by atoms with Crippen LogP contribution in [0.25, 0.3) is 116 Å². The van der Waals surface area contributed by atoms with Gasteiger partial charge < -0.3 is 45.7 Å². The summed E-state index contributed by atoms with van der Waals surface area (Å²) in [6.45, 7) is 9.06. The fourth-order valence-corrected chi connectivity index (χ4v) is 11.8. The summed E-state index contributed by atoms with van der Waals surface area (Å²) in [5.41, 5.74) is 13.4. The summed E-state index contributed by atoms with van der Waals surface area (Å²) in [5, 5.41) is 69.3. The number of carboxylic acids is 1. The number of para-hydroxylation sites is 1. The molecule has 0 saturated carbocycles. The van der Waals surface area contributed by atoms with Crippen molar-refractivity contribution in [3.05, 3.63) is 404 Å². The molecular weight excluding hydrogens is 2450 g/mol. The summed E-state index contributed by atoms with van der Waals surface area (Å²) in [4.78, 5) is 65.2. The van der Waals surface area contributed by atoms with Gasteiger partial charge in [0.15, 0.2) is 5.78 Å². The SMILES string of the molecule is CC(=O)C=C(C)O.CC(O)=CC(C)O.CC(O)=CC(C)O.O=C(C=C(O)c1cccs1)C(F)(F)F.O=C(O)c1ccccn1.[Eu].[Ir].[Ir].[Ir].[Tb].[c-]1ccc(-c2ccccc2)cc1-c1ccc2ccccc2n1.[c-]1ccccc1-c1ccccn1.[c-]1ccccc1-c1nccc2ccccc12.c1cnc2c(c1)ccc1cccnc12.c1cnc2c(c1)ccc1cccnc12. The Balaban J connectivity index is 0.000000370. The largest absolute Gasteiger partial charge is 0.513 e. The van der Waals surface area contributed by atoms with Crippen molar-refractivity contribution in [3.63, 3.8) is 0 Å². The number of aromatic nitrogens is 8. The number of hydrogen-bond donors (Lipinski definition) is 7. The molecule has 7 N–H and O–H groups in total. The van der Waals surface area contributed by atoms with E-state index in [4.69, 9.17) is 40.7 Å². The molecule has 0 saturated heterocycles. The van der Waals surface area contributed by atoms with Gasteiger partial charge in [0.2, 0.25) is 0 Å². The Hall–Kier alpha value is -10.3. The van der Waals surface area contributed by atoms with E-state index in [0.717, 1.165) is 99.6 Å². The smallest absolute Gasteiger partial charge is 0.454 e. The Morgan fingerprint density at radius 3 is 1.28 bits per heavy atom. The van der Waals surface area contributed by atoms with Gasteiger partial charge in [0.1, 0.15) is 11.5 Å². The number of ketones is 2. The van der Waals surface area contributed by atoms with E-state index in [-0.39, 0.29) is 188 Å². The van der Waals surface area contributed by atoms with Gasteiger partial charge in [-0.2, -0.15) is 13.2 Å². The van der Waals surface area contributed by atoms with Crippen LogP contribution in [0.4, 0.5) is 13.2 Å². The molecule has 0 amide bonds. The second kappa shape index (κ2) is 59.7. The van der Waals surface area contributed by atoms with Gasteiger partial charge in [-0.15, -0.1) is 119 Å². The fourth-order valence-electron chi connectivity index (χ4n) is 11.1. The maximum Gasteiger partial charge on any atom is 0.454 e. The maximum atomic E-state index is 11.7. The first-order valence-corrected chi connectivity index (χ1v) is 38.7. The molecule has 5 radical (unpaired) electrons. The molecule has 2 unspecified atom stereocenters. The van der Waals surface area contributed by atoms with Crippen molar-refractivity contribution in [3.8, 4) is 44.9 Å². The van der Waals surface area contributed by atoms with Crippen LogP contribution >= 0.6 is 11.3 Å². The summed E-state index contributed by atoms with van der Waals surface area (Å²) in [7, 11) is 0. The van der Waals surface area contributed by atoms with Crippen LogP contribution in [0.5, 0.6) is 0 Å². The van der Waals surface area contributed by atoms with Crippen LogP contribution < -0.4 is 0 Å². The van der Waals surface area contributed by atoms with Crippen molar-refractivity contribution in [2.24, 2.45) is 0 Å². The van der Waals surface area contributed by atoms with Gasteiger partial charge in [0.25, 0.3) is 5.78 Å². The van der Waals surface area contributed by atoms with Crippen molar-refractivity contribution in [1.29, 1.82) is 0 Å². The zero-order valence-corrected chi connectivity index (χ0v) is 81.5. The van der Waals surface area contributed by atoms with Crippen LogP contribution in [0, 0.1) is 106 Å². The number of carboxylic acid groups (broad SMARTS) is 1. The second-order valence-electron chi connectivity index (χ2n) is 26.2. The third kappa shape index (κ3) is 39.1. The number of allylic oxidation sites excluding steroid dienone is 5. The first-order chi connectivity index (χ1) is 58.8. The molecule has 127 heavy (non-hydrogen) atoms. The van der Waals surface area contributed by atoms with Gasteiger partial charge in [0, 0.05) is 225 Å². The van der Waals surface area contributed by atoms with Crippen LogP contribution in [0.3, 0.4) is 0 Å². The number of aliphatic hydroxyl groups is 6. The zero-order valence-electron chi connectivity index (χ0n) is 68.9. The molecule has 659 valence electrons.